The number of carbonyl (C=O) groups is 2. The Morgan fingerprint density at radius 3 is 2.56 bits per heavy atom. The van der Waals surface area contributed by atoms with Crippen LogP contribution in [0.4, 0.5) is 27.5 Å². The number of nitrogens with one attached hydrogen (secondary N) is 3. The Balaban J connectivity index is 1.60. The third-order valence-corrected chi connectivity index (χ3v) is 6.26. The molecule has 0 saturated carbocycles. The van der Waals surface area contributed by atoms with Gasteiger partial charge in [0.1, 0.15) is 17.6 Å². The van der Waals surface area contributed by atoms with Gasteiger partial charge in [0.15, 0.2) is 5.82 Å². The van der Waals surface area contributed by atoms with Gasteiger partial charge >= 0.3 is 0 Å². The van der Waals surface area contributed by atoms with Crippen molar-refractivity contribution in [1.82, 2.24) is 25.1 Å². The normalized spacial score (nSPS) is 11.4. The van der Waals surface area contributed by atoms with E-state index < -0.39 is 6.04 Å². The van der Waals surface area contributed by atoms with Crippen molar-refractivity contribution >= 4 is 35.0 Å². The van der Waals surface area contributed by atoms with E-state index in [1.165, 1.54) is 23.1 Å². The van der Waals surface area contributed by atoms with Crippen LogP contribution in [0.25, 0.3) is 0 Å². The molecule has 1 unspecified atom stereocenters. The van der Waals surface area contributed by atoms with Gasteiger partial charge in [0, 0.05) is 44.0 Å². The van der Waals surface area contributed by atoms with Crippen LogP contribution in [0.1, 0.15) is 25.3 Å². The van der Waals surface area contributed by atoms with Gasteiger partial charge in [0.25, 0.3) is 0 Å². The van der Waals surface area contributed by atoms with E-state index in [-0.39, 0.29) is 23.6 Å². The van der Waals surface area contributed by atoms with Crippen molar-refractivity contribution in [1.29, 1.82) is 0 Å². The van der Waals surface area contributed by atoms with Crippen LogP contribution >= 0.6 is 0 Å². The van der Waals surface area contributed by atoms with Crippen LogP contribution in [0, 0.1) is 17.7 Å². The maximum absolute atomic E-state index is 13.6. The van der Waals surface area contributed by atoms with Crippen molar-refractivity contribution < 1.29 is 18.7 Å². The number of aromatic nitrogens is 2. The number of benzene rings is 2. The molecule has 10 nitrogen and oxygen atoms in total. The average Bonchev–Trinajstić information content (AvgIpc) is 2.99. The SMILES string of the molecule is COc1ccc(Nc2nc(Nc3cccc(F)c3)ncc2C#CCCCNC(=O)C(C)N(C)C(=O)/C=C/CN(C)C)cc1. The lowest BCUT2D eigenvalue weighted by atomic mass is 10.2. The molecule has 0 spiro atoms. The first-order chi connectivity index (χ1) is 20.7. The number of rotatable bonds is 13. The number of anilines is 4. The van der Waals surface area contributed by atoms with E-state index in [1.54, 1.807) is 45.5 Å². The summed E-state index contributed by atoms with van der Waals surface area (Å²) in [5, 5.41) is 9.13. The van der Waals surface area contributed by atoms with Gasteiger partial charge in [0.2, 0.25) is 17.8 Å². The zero-order valence-electron chi connectivity index (χ0n) is 25.1. The molecule has 11 heteroatoms. The molecule has 3 N–H and O–H groups in total. The van der Waals surface area contributed by atoms with Crippen LogP contribution in [-0.4, -0.2) is 79.0 Å². The lowest BCUT2D eigenvalue weighted by molar-refractivity contribution is -0.135. The van der Waals surface area contributed by atoms with Crippen molar-refractivity contribution in [3.8, 4) is 17.6 Å². The third-order valence-electron chi connectivity index (χ3n) is 6.26. The number of methoxy groups -OCH3 is 1. The maximum atomic E-state index is 13.6. The number of amides is 2. The van der Waals surface area contributed by atoms with E-state index in [1.807, 2.05) is 43.3 Å². The first-order valence-electron chi connectivity index (χ1n) is 13.8. The van der Waals surface area contributed by atoms with Gasteiger partial charge < -0.3 is 30.5 Å². The minimum atomic E-state index is -0.606. The number of carbonyl (C=O) groups excluding carboxylic acids is 2. The van der Waals surface area contributed by atoms with E-state index in [0.29, 0.717) is 43.0 Å². The molecule has 3 aromatic rings. The van der Waals surface area contributed by atoms with E-state index in [4.69, 9.17) is 4.74 Å². The Bertz CT molecular complexity index is 1470. The second-order valence-corrected chi connectivity index (χ2v) is 9.93. The van der Waals surface area contributed by atoms with Gasteiger partial charge in [-0.2, -0.15) is 4.98 Å². The summed E-state index contributed by atoms with van der Waals surface area (Å²) in [7, 11) is 7.03. The van der Waals surface area contributed by atoms with Gasteiger partial charge in [0.05, 0.1) is 18.9 Å². The van der Waals surface area contributed by atoms with Gasteiger partial charge in [-0.1, -0.05) is 24.0 Å². The summed E-state index contributed by atoms with van der Waals surface area (Å²) < 4.78 is 18.9. The summed E-state index contributed by atoms with van der Waals surface area (Å²) in [5.41, 5.74) is 1.86. The summed E-state index contributed by atoms with van der Waals surface area (Å²) in [6, 6.07) is 12.8. The number of unbranched alkanes of at least 4 members (excludes halogenated alkanes) is 1. The molecule has 1 heterocycles. The summed E-state index contributed by atoms with van der Waals surface area (Å²) in [6.07, 6.45) is 5.97. The van der Waals surface area contributed by atoms with Crippen LogP contribution in [0.2, 0.25) is 0 Å². The second-order valence-electron chi connectivity index (χ2n) is 9.93. The van der Waals surface area contributed by atoms with Gasteiger partial charge in [-0.15, -0.1) is 0 Å². The quantitative estimate of drug-likeness (QED) is 0.154. The fourth-order valence-electron chi connectivity index (χ4n) is 3.68. The number of ether oxygens (including phenoxy) is 1. The lowest BCUT2D eigenvalue weighted by Gasteiger charge is -2.23. The number of hydrogen-bond acceptors (Lipinski definition) is 8. The third kappa shape index (κ3) is 10.8. The fourth-order valence-corrected chi connectivity index (χ4v) is 3.68. The molecule has 226 valence electrons. The lowest BCUT2D eigenvalue weighted by Crippen LogP contribution is -2.45. The molecule has 0 aliphatic heterocycles. The van der Waals surface area contributed by atoms with Crippen molar-refractivity contribution in [2.24, 2.45) is 0 Å². The number of hydrogen-bond donors (Lipinski definition) is 3. The fraction of sp³-hybridized carbons (Fsp3) is 0.312. The molecule has 0 fully saturated rings. The van der Waals surface area contributed by atoms with Gasteiger partial charge in [-0.05, 0) is 69.9 Å². The molecule has 43 heavy (non-hydrogen) atoms. The Labute approximate surface area is 252 Å². The molecule has 0 radical (unpaired) electrons. The van der Waals surface area contributed by atoms with Crippen molar-refractivity contribution in [3.05, 3.63) is 78.3 Å². The first kappa shape index (κ1) is 32.6. The zero-order valence-corrected chi connectivity index (χ0v) is 25.1. The largest absolute Gasteiger partial charge is 0.497 e. The van der Waals surface area contributed by atoms with Crippen molar-refractivity contribution in [2.75, 3.05) is 52.0 Å². The smallest absolute Gasteiger partial charge is 0.246 e. The van der Waals surface area contributed by atoms with E-state index >= 15 is 0 Å². The standard InChI is InChI=1S/C32H38FN7O3/c1-23(40(4)29(41)14-10-20-39(2)3)31(42)34-19-8-6-7-11-24-22-35-32(37-27-13-9-12-25(33)21-27)38-30(24)36-26-15-17-28(43-5)18-16-26/h9-10,12-18,21-23H,6,8,19-20H2,1-5H3,(H,34,42)(H2,35,36,37,38)/b14-10+. The highest BCUT2D eigenvalue weighted by Gasteiger charge is 2.20. The molecule has 0 bridgehead atoms. The molecular weight excluding hydrogens is 549 g/mol. The summed E-state index contributed by atoms with van der Waals surface area (Å²) in [6.45, 7) is 2.75. The minimum absolute atomic E-state index is 0.228. The summed E-state index contributed by atoms with van der Waals surface area (Å²) in [4.78, 5) is 37.1. The van der Waals surface area contributed by atoms with Crippen molar-refractivity contribution in [3.63, 3.8) is 0 Å². The Kier molecular flexibility index (Phi) is 12.5. The molecular formula is C32H38FN7O3. The minimum Gasteiger partial charge on any atom is -0.497 e. The highest BCUT2D eigenvalue weighted by atomic mass is 19.1. The highest BCUT2D eigenvalue weighted by molar-refractivity contribution is 5.92. The predicted octanol–water partition coefficient (Wildman–Crippen LogP) is 4.32. The molecule has 0 aliphatic carbocycles. The first-order valence-corrected chi connectivity index (χ1v) is 13.8. The zero-order chi connectivity index (χ0) is 31.2. The Morgan fingerprint density at radius 1 is 1.09 bits per heavy atom. The molecule has 1 aromatic heterocycles. The van der Waals surface area contributed by atoms with Crippen molar-refractivity contribution in [2.45, 2.75) is 25.8 Å². The topological polar surface area (TPSA) is 112 Å². The molecule has 0 saturated heterocycles. The average molecular weight is 588 g/mol. The van der Waals surface area contributed by atoms with Gasteiger partial charge in [-0.25, -0.2) is 9.37 Å². The van der Waals surface area contributed by atoms with E-state index in [0.717, 1.165) is 11.4 Å². The van der Waals surface area contributed by atoms with Gasteiger partial charge in [-0.3, -0.25) is 9.59 Å². The predicted molar refractivity (Wildman–Crippen MR) is 167 cm³/mol. The molecule has 1 atom stereocenters. The molecule has 2 amide bonds. The Morgan fingerprint density at radius 2 is 1.86 bits per heavy atom. The summed E-state index contributed by atoms with van der Waals surface area (Å²) in [5.74, 6) is 6.85. The monoisotopic (exact) mass is 587 g/mol. The number of nitrogens with zero attached hydrogens (tertiary/aromatic N) is 4. The van der Waals surface area contributed by atoms with Crippen LogP contribution in [0.5, 0.6) is 5.75 Å². The second kappa shape index (κ2) is 16.5. The summed E-state index contributed by atoms with van der Waals surface area (Å²) >= 11 is 0. The van der Waals surface area contributed by atoms with Crippen LogP contribution in [0.3, 0.4) is 0 Å². The van der Waals surface area contributed by atoms with Crippen LogP contribution in [-0.2, 0) is 9.59 Å². The number of halogens is 1. The Hall–Kier alpha value is -4.95. The van der Waals surface area contributed by atoms with Crippen LogP contribution in [0.15, 0.2) is 66.9 Å². The highest BCUT2D eigenvalue weighted by Crippen LogP contribution is 2.23. The van der Waals surface area contributed by atoms with E-state index in [9.17, 15) is 14.0 Å². The molecule has 2 aromatic carbocycles. The van der Waals surface area contributed by atoms with E-state index in [2.05, 4.69) is 37.8 Å². The van der Waals surface area contributed by atoms with Crippen LogP contribution < -0.4 is 20.7 Å². The maximum Gasteiger partial charge on any atom is 0.246 e. The number of likely N-dealkylation sites (N-methyl/N-ethyl adjacent to an activating group) is 2. The molecule has 0 aliphatic rings. The molecule has 3 rings (SSSR count).